The second-order valence-corrected chi connectivity index (χ2v) is 9.33. The third kappa shape index (κ3) is 4.29. The number of hydrogen-bond donors (Lipinski definition) is 1. The van der Waals surface area contributed by atoms with E-state index in [2.05, 4.69) is 0 Å². The molecule has 5 rings (SSSR count). The van der Waals surface area contributed by atoms with Gasteiger partial charge in [-0.05, 0) is 54.7 Å². The average molecular weight is 494 g/mol. The number of aliphatic hydroxyl groups excluding tert-OH is 1. The monoisotopic (exact) mass is 493 g/mol. The quantitative estimate of drug-likeness (QED) is 0.378. The molecule has 1 fully saturated rings. The van der Waals surface area contributed by atoms with Gasteiger partial charge in [0.05, 0.1) is 23.9 Å². The van der Waals surface area contributed by atoms with Crippen LogP contribution in [-0.2, 0) is 4.79 Å². The van der Waals surface area contributed by atoms with Crippen molar-refractivity contribution in [2.75, 3.05) is 11.5 Å². The highest BCUT2D eigenvalue weighted by atomic mass is 35.5. The van der Waals surface area contributed by atoms with Gasteiger partial charge in [0, 0.05) is 15.6 Å². The highest BCUT2D eigenvalue weighted by molar-refractivity contribution is 6.31. The van der Waals surface area contributed by atoms with Crippen molar-refractivity contribution >= 4 is 40.6 Å². The molecule has 1 unspecified atom stereocenters. The van der Waals surface area contributed by atoms with Gasteiger partial charge in [-0.3, -0.25) is 14.5 Å². The van der Waals surface area contributed by atoms with Gasteiger partial charge in [-0.2, -0.15) is 0 Å². The highest BCUT2D eigenvalue weighted by Gasteiger charge is 2.45. The standard InChI is InChI=1S/C27H21Cl2NO4/c28-19-10-8-17(9-11-19)24-23(25(31)18-4-2-1-3-5-18)26(32)27(33)30(24)21-14-20(29)12-13-22(21)34-15-16-6-7-16/h1-5,8-14,16,24,32H,6-7,15H2. The topological polar surface area (TPSA) is 66.8 Å². The van der Waals surface area contributed by atoms with Crippen LogP contribution in [0.2, 0.25) is 10.0 Å². The van der Waals surface area contributed by atoms with Gasteiger partial charge in [-0.25, -0.2) is 0 Å². The molecule has 0 spiro atoms. The minimum absolute atomic E-state index is 0.00774. The van der Waals surface area contributed by atoms with Crippen LogP contribution in [0.4, 0.5) is 5.69 Å². The number of anilines is 1. The van der Waals surface area contributed by atoms with Gasteiger partial charge in [-0.15, -0.1) is 0 Å². The van der Waals surface area contributed by atoms with Crippen molar-refractivity contribution in [3.8, 4) is 5.75 Å². The van der Waals surface area contributed by atoms with Crippen LogP contribution in [0.5, 0.6) is 5.75 Å². The molecular weight excluding hydrogens is 473 g/mol. The van der Waals surface area contributed by atoms with E-state index in [-0.39, 0.29) is 5.57 Å². The summed E-state index contributed by atoms with van der Waals surface area (Å²) < 4.78 is 6.04. The normalized spacial score (nSPS) is 17.9. The van der Waals surface area contributed by atoms with E-state index in [4.69, 9.17) is 27.9 Å². The van der Waals surface area contributed by atoms with Gasteiger partial charge in [0.1, 0.15) is 5.75 Å². The summed E-state index contributed by atoms with van der Waals surface area (Å²) in [4.78, 5) is 28.4. The molecule has 1 aliphatic carbocycles. The first-order chi connectivity index (χ1) is 16.4. The lowest BCUT2D eigenvalue weighted by Crippen LogP contribution is -2.31. The molecule has 1 saturated carbocycles. The molecule has 1 aliphatic heterocycles. The molecule has 1 heterocycles. The second kappa shape index (κ2) is 9.16. The van der Waals surface area contributed by atoms with Gasteiger partial charge >= 0.3 is 0 Å². The number of ether oxygens (including phenoxy) is 1. The zero-order chi connectivity index (χ0) is 23.8. The molecule has 1 amide bonds. The average Bonchev–Trinajstić information content (AvgIpc) is 3.64. The molecular formula is C27H21Cl2NO4. The Morgan fingerprint density at radius 3 is 2.32 bits per heavy atom. The molecule has 1 atom stereocenters. The second-order valence-electron chi connectivity index (χ2n) is 8.45. The van der Waals surface area contributed by atoms with Gasteiger partial charge in [0.2, 0.25) is 0 Å². The maximum absolute atomic E-state index is 13.5. The zero-order valence-electron chi connectivity index (χ0n) is 18.1. The van der Waals surface area contributed by atoms with E-state index in [0.29, 0.717) is 45.1 Å². The number of hydrogen-bond acceptors (Lipinski definition) is 4. The highest BCUT2D eigenvalue weighted by Crippen LogP contribution is 2.46. The Balaban J connectivity index is 1.64. The lowest BCUT2D eigenvalue weighted by molar-refractivity contribution is -0.117. The molecule has 5 nitrogen and oxygen atoms in total. The molecule has 7 heteroatoms. The maximum atomic E-state index is 13.5. The summed E-state index contributed by atoms with van der Waals surface area (Å²) in [5.74, 6) is -0.771. The van der Waals surface area contributed by atoms with E-state index < -0.39 is 23.5 Å². The molecule has 0 radical (unpaired) electrons. The smallest absolute Gasteiger partial charge is 0.294 e. The summed E-state index contributed by atoms with van der Waals surface area (Å²) in [7, 11) is 0. The van der Waals surface area contributed by atoms with Crippen LogP contribution >= 0.6 is 23.2 Å². The van der Waals surface area contributed by atoms with Crippen molar-refractivity contribution in [2.45, 2.75) is 18.9 Å². The van der Waals surface area contributed by atoms with E-state index in [0.717, 1.165) is 12.8 Å². The number of halogens is 2. The summed E-state index contributed by atoms with van der Waals surface area (Å²) in [5.41, 5.74) is 1.37. The Bertz CT molecular complexity index is 1280. The number of nitrogens with zero attached hydrogens (tertiary/aromatic N) is 1. The van der Waals surface area contributed by atoms with Crippen molar-refractivity contribution in [3.05, 3.63) is 105 Å². The van der Waals surface area contributed by atoms with E-state index in [1.807, 2.05) is 0 Å². The van der Waals surface area contributed by atoms with Crippen LogP contribution in [0, 0.1) is 5.92 Å². The van der Waals surface area contributed by atoms with Gasteiger partial charge in [0.25, 0.3) is 5.91 Å². The Hall–Kier alpha value is -3.28. The van der Waals surface area contributed by atoms with E-state index in [1.54, 1.807) is 72.8 Å². The molecule has 34 heavy (non-hydrogen) atoms. The van der Waals surface area contributed by atoms with E-state index in [9.17, 15) is 14.7 Å². The summed E-state index contributed by atoms with van der Waals surface area (Å²) in [5, 5.41) is 11.9. The number of aliphatic hydroxyl groups is 1. The fourth-order valence-electron chi connectivity index (χ4n) is 4.08. The zero-order valence-corrected chi connectivity index (χ0v) is 19.6. The predicted molar refractivity (Wildman–Crippen MR) is 132 cm³/mol. The Kier molecular flexibility index (Phi) is 6.07. The molecule has 0 bridgehead atoms. The third-order valence-electron chi connectivity index (χ3n) is 6.03. The lowest BCUT2D eigenvalue weighted by atomic mass is 9.92. The summed E-state index contributed by atoms with van der Waals surface area (Å²) in [6.07, 6.45) is 2.22. The number of ketones is 1. The van der Waals surface area contributed by atoms with Crippen molar-refractivity contribution in [3.63, 3.8) is 0 Å². The van der Waals surface area contributed by atoms with Crippen LogP contribution in [0.15, 0.2) is 84.1 Å². The van der Waals surface area contributed by atoms with Crippen molar-refractivity contribution in [1.29, 1.82) is 0 Å². The largest absolute Gasteiger partial charge is 0.503 e. The predicted octanol–water partition coefficient (Wildman–Crippen LogP) is 6.57. The Morgan fingerprint density at radius 2 is 1.65 bits per heavy atom. The number of amides is 1. The van der Waals surface area contributed by atoms with Crippen LogP contribution in [0.25, 0.3) is 0 Å². The summed E-state index contributed by atoms with van der Waals surface area (Å²) >= 11 is 12.4. The van der Waals surface area contributed by atoms with Crippen molar-refractivity contribution < 1.29 is 19.4 Å². The SMILES string of the molecule is O=C(C1=C(O)C(=O)N(c2cc(Cl)ccc2OCC2CC2)C1c1ccc(Cl)cc1)c1ccccc1. The Labute approximate surface area is 207 Å². The first-order valence-electron chi connectivity index (χ1n) is 11.0. The van der Waals surface area contributed by atoms with E-state index >= 15 is 0 Å². The molecule has 2 aliphatic rings. The molecule has 3 aromatic rings. The van der Waals surface area contributed by atoms with E-state index in [1.165, 1.54) is 4.90 Å². The number of carbonyl (C=O) groups is 2. The van der Waals surface area contributed by atoms with Crippen molar-refractivity contribution in [2.24, 2.45) is 5.92 Å². The van der Waals surface area contributed by atoms with Gasteiger partial charge < -0.3 is 9.84 Å². The van der Waals surface area contributed by atoms with Crippen LogP contribution in [-0.4, -0.2) is 23.4 Å². The fourth-order valence-corrected chi connectivity index (χ4v) is 4.38. The first-order valence-corrected chi connectivity index (χ1v) is 11.7. The number of benzene rings is 3. The Morgan fingerprint density at radius 1 is 0.971 bits per heavy atom. The first kappa shape index (κ1) is 22.5. The van der Waals surface area contributed by atoms with Crippen LogP contribution < -0.4 is 9.64 Å². The lowest BCUT2D eigenvalue weighted by Gasteiger charge is -2.28. The van der Waals surface area contributed by atoms with Gasteiger partial charge in [-0.1, -0.05) is 65.7 Å². The van der Waals surface area contributed by atoms with Crippen molar-refractivity contribution in [1.82, 2.24) is 0 Å². The minimum atomic E-state index is -0.890. The van der Waals surface area contributed by atoms with Gasteiger partial charge in [0.15, 0.2) is 11.5 Å². The van der Waals surface area contributed by atoms with Crippen LogP contribution in [0.3, 0.4) is 0 Å². The molecule has 3 aromatic carbocycles. The number of rotatable bonds is 7. The maximum Gasteiger partial charge on any atom is 0.294 e. The molecule has 172 valence electrons. The molecule has 0 aromatic heterocycles. The molecule has 0 saturated heterocycles. The number of Topliss-reactive ketones (excluding diaryl/α,β-unsaturated/α-hetero) is 1. The minimum Gasteiger partial charge on any atom is -0.503 e. The molecule has 1 N–H and O–H groups in total. The summed E-state index contributed by atoms with van der Waals surface area (Å²) in [6.45, 7) is 0.525. The summed E-state index contributed by atoms with van der Waals surface area (Å²) in [6, 6.07) is 19.5. The third-order valence-corrected chi connectivity index (χ3v) is 6.51. The fraction of sp³-hybridized carbons (Fsp3) is 0.185. The number of carbonyl (C=O) groups excluding carboxylic acids is 2. The van der Waals surface area contributed by atoms with Crippen LogP contribution in [0.1, 0.15) is 34.8 Å².